The second-order valence-corrected chi connectivity index (χ2v) is 11.0. The highest BCUT2D eigenvalue weighted by atomic mass is 16.5. The molecule has 0 aliphatic carbocycles. The van der Waals surface area contributed by atoms with Gasteiger partial charge in [0, 0.05) is 43.2 Å². The molecule has 0 radical (unpaired) electrons. The van der Waals surface area contributed by atoms with Gasteiger partial charge in [-0.25, -0.2) is 15.0 Å². The van der Waals surface area contributed by atoms with Crippen LogP contribution in [0.4, 0.5) is 5.95 Å². The number of hydrogen-bond donors (Lipinski definition) is 2. The summed E-state index contributed by atoms with van der Waals surface area (Å²) in [6.07, 6.45) is 6.47. The molecule has 0 saturated carbocycles. The van der Waals surface area contributed by atoms with Crippen molar-refractivity contribution in [1.82, 2.24) is 20.3 Å². The van der Waals surface area contributed by atoms with Gasteiger partial charge in [0.25, 0.3) is 0 Å². The zero-order valence-electron chi connectivity index (χ0n) is 24.1. The zero-order valence-corrected chi connectivity index (χ0v) is 24.1. The molecular formula is C35H35N5O2. The quantitative estimate of drug-likeness (QED) is 0.211. The maximum atomic E-state index is 13.0. The maximum absolute atomic E-state index is 13.0. The van der Waals surface area contributed by atoms with Crippen LogP contribution in [0.1, 0.15) is 35.1 Å². The van der Waals surface area contributed by atoms with E-state index in [1.165, 1.54) is 5.56 Å². The van der Waals surface area contributed by atoms with Gasteiger partial charge in [0.2, 0.25) is 11.8 Å². The lowest BCUT2D eigenvalue weighted by Gasteiger charge is -2.23. The monoisotopic (exact) mass is 557 g/mol. The minimum atomic E-state index is 0.179. The average Bonchev–Trinajstić information content (AvgIpc) is 3.01. The van der Waals surface area contributed by atoms with E-state index in [1.807, 2.05) is 73.7 Å². The predicted octanol–water partition coefficient (Wildman–Crippen LogP) is 6.62. The number of anilines is 1. The van der Waals surface area contributed by atoms with Crippen molar-refractivity contribution in [2.45, 2.75) is 45.6 Å². The SMILES string of the molecule is Cc1ccc(CC(=O)Cc2cccc3c(Oc4ncccc4-c4ccnc(N[C@H]5CCCNC5)n4)c(C)ccc23)cc1. The van der Waals surface area contributed by atoms with Gasteiger partial charge in [-0.2, -0.15) is 0 Å². The van der Waals surface area contributed by atoms with Gasteiger partial charge in [-0.05, 0) is 73.5 Å². The molecule has 212 valence electrons. The van der Waals surface area contributed by atoms with Crippen molar-refractivity contribution in [3.05, 3.63) is 107 Å². The topological polar surface area (TPSA) is 89.0 Å². The fourth-order valence-corrected chi connectivity index (χ4v) is 5.50. The normalized spacial score (nSPS) is 15.0. The summed E-state index contributed by atoms with van der Waals surface area (Å²) >= 11 is 0. The number of fused-ring (bicyclic) bond motifs is 1. The van der Waals surface area contributed by atoms with Crippen molar-refractivity contribution < 1.29 is 9.53 Å². The lowest BCUT2D eigenvalue weighted by Crippen LogP contribution is -2.38. The summed E-state index contributed by atoms with van der Waals surface area (Å²) in [5.41, 5.74) is 5.71. The number of carbonyl (C=O) groups excluding carboxylic acids is 1. The third kappa shape index (κ3) is 6.31. The molecule has 1 atom stereocenters. The van der Waals surface area contributed by atoms with E-state index >= 15 is 0 Å². The number of carbonyl (C=O) groups is 1. The van der Waals surface area contributed by atoms with E-state index in [-0.39, 0.29) is 5.78 Å². The molecule has 7 heteroatoms. The highest BCUT2D eigenvalue weighted by Gasteiger charge is 2.18. The van der Waals surface area contributed by atoms with Crippen LogP contribution in [0.25, 0.3) is 22.0 Å². The van der Waals surface area contributed by atoms with Crippen molar-refractivity contribution in [2.75, 3.05) is 18.4 Å². The molecule has 5 aromatic rings. The number of aryl methyl sites for hydroxylation is 2. The first-order valence-electron chi connectivity index (χ1n) is 14.6. The third-order valence-corrected chi connectivity index (χ3v) is 7.74. The summed E-state index contributed by atoms with van der Waals surface area (Å²) in [5.74, 6) is 1.97. The van der Waals surface area contributed by atoms with E-state index in [0.29, 0.717) is 30.7 Å². The van der Waals surface area contributed by atoms with Gasteiger partial charge in [0.15, 0.2) is 0 Å². The fraction of sp³-hybridized carbons (Fsp3) is 0.257. The van der Waals surface area contributed by atoms with Crippen LogP contribution in [0, 0.1) is 13.8 Å². The van der Waals surface area contributed by atoms with Gasteiger partial charge in [0.05, 0.1) is 11.3 Å². The summed E-state index contributed by atoms with van der Waals surface area (Å²) in [6.45, 7) is 6.02. The van der Waals surface area contributed by atoms with Gasteiger partial charge in [0.1, 0.15) is 11.5 Å². The molecule has 6 rings (SSSR count). The van der Waals surface area contributed by atoms with Crippen LogP contribution in [0.2, 0.25) is 0 Å². The molecule has 0 spiro atoms. The zero-order chi connectivity index (χ0) is 28.9. The van der Waals surface area contributed by atoms with Crippen LogP contribution in [-0.2, 0) is 17.6 Å². The molecule has 7 nitrogen and oxygen atoms in total. The largest absolute Gasteiger partial charge is 0.437 e. The average molecular weight is 558 g/mol. The number of ether oxygens (including phenoxy) is 1. The molecule has 42 heavy (non-hydrogen) atoms. The lowest BCUT2D eigenvalue weighted by molar-refractivity contribution is -0.117. The Labute approximate surface area is 246 Å². The number of ketones is 1. The summed E-state index contributed by atoms with van der Waals surface area (Å²) in [4.78, 5) is 26.9. The number of aromatic nitrogens is 3. The van der Waals surface area contributed by atoms with Crippen molar-refractivity contribution in [3.63, 3.8) is 0 Å². The van der Waals surface area contributed by atoms with Gasteiger partial charge >= 0.3 is 0 Å². The van der Waals surface area contributed by atoms with E-state index in [4.69, 9.17) is 9.72 Å². The first-order chi connectivity index (χ1) is 20.5. The van der Waals surface area contributed by atoms with Crippen molar-refractivity contribution in [1.29, 1.82) is 0 Å². The molecular weight excluding hydrogens is 522 g/mol. The Hall–Kier alpha value is -4.62. The highest BCUT2D eigenvalue weighted by Crippen LogP contribution is 2.37. The predicted molar refractivity (Wildman–Crippen MR) is 167 cm³/mol. The lowest BCUT2D eigenvalue weighted by atomic mass is 9.96. The summed E-state index contributed by atoms with van der Waals surface area (Å²) in [5, 5.41) is 8.83. The second-order valence-electron chi connectivity index (χ2n) is 11.0. The van der Waals surface area contributed by atoms with E-state index in [9.17, 15) is 4.79 Å². The molecule has 3 aromatic carbocycles. The minimum absolute atomic E-state index is 0.179. The Kier molecular flexibility index (Phi) is 8.19. The molecule has 2 N–H and O–H groups in total. The van der Waals surface area contributed by atoms with Crippen molar-refractivity contribution >= 4 is 22.5 Å². The summed E-state index contributed by atoms with van der Waals surface area (Å²) in [6, 6.07) is 24.4. The molecule has 0 unspecified atom stereocenters. The number of Topliss-reactive ketones (excluding diaryl/α,β-unsaturated/α-hetero) is 1. The van der Waals surface area contributed by atoms with Gasteiger partial charge in [-0.3, -0.25) is 4.79 Å². The minimum Gasteiger partial charge on any atom is -0.437 e. The van der Waals surface area contributed by atoms with Gasteiger partial charge < -0.3 is 15.4 Å². The smallest absolute Gasteiger partial charge is 0.228 e. The number of rotatable bonds is 9. The number of benzene rings is 3. The van der Waals surface area contributed by atoms with Gasteiger partial charge in [-0.15, -0.1) is 0 Å². The Balaban J connectivity index is 1.27. The van der Waals surface area contributed by atoms with E-state index < -0.39 is 0 Å². The first kappa shape index (κ1) is 27.5. The van der Waals surface area contributed by atoms with Crippen LogP contribution < -0.4 is 15.4 Å². The molecule has 0 amide bonds. The second kappa shape index (κ2) is 12.5. The number of hydrogen-bond acceptors (Lipinski definition) is 7. The van der Waals surface area contributed by atoms with Crippen molar-refractivity contribution in [3.8, 4) is 22.9 Å². The number of pyridine rings is 1. The van der Waals surface area contributed by atoms with E-state index in [2.05, 4.69) is 33.6 Å². The molecule has 0 bridgehead atoms. The molecule has 1 fully saturated rings. The Morgan fingerprint density at radius 2 is 1.81 bits per heavy atom. The van der Waals surface area contributed by atoms with Crippen LogP contribution >= 0.6 is 0 Å². The van der Waals surface area contributed by atoms with E-state index in [0.717, 1.165) is 70.4 Å². The first-order valence-corrected chi connectivity index (χ1v) is 14.6. The summed E-state index contributed by atoms with van der Waals surface area (Å²) in [7, 11) is 0. The van der Waals surface area contributed by atoms with Crippen LogP contribution in [0.3, 0.4) is 0 Å². The molecule has 1 aliphatic heterocycles. The van der Waals surface area contributed by atoms with Gasteiger partial charge in [-0.1, -0.05) is 60.2 Å². The molecule has 1 aliphatic rings. The fourth-order valence-electron chi connectivity index (χ4n) is 5.50. The molecule has 3 heterocycles. The van der Waals surface area contributed by atoms with Crippen LogP contribution in [0.5, 0.6) is 11.6 Å². The molecule has 1 saturated heterocycles. The Bertz CT molecular complexity index is 1710. The highest BCUT2D eigenvalue weighted by molar-refractivity contribution is 5.95. The Morgan fingerprint density at radius 3 is 2.64 bits per heavy atom. The van der Waals surface area contributed by atoms with Crippen molar-refractivity contribution in [2.24, 2.45) is 0 Å². The van der Waals surface area contributed by atoms with Crippen LogP contribution in [-0.4, -0.2) is 39.9 Å². The summed E-state index contributed by atoms with van der Waals surface area (Å²) < 4.78 is 6.58. The maximum Gasteiger partial charge on any atom is 0.228 e. The number of nitrogens with zero attached hydrogens (tertiary/aromatic N) is 3. The third-order valence-electron chi connectivity index (χ3n) is 7.74. The van der Waals surface area contributed by atoms with E-state index in [1.54, 1.807) is 12.4 Å². The Morgan fingerprint density at radius 1 is 0.929 bits per heavy atom. The number of nitrogens with one attached hydrogen (secondary N) is 2. The van der Waals surface area contributed by atoms with Crippen LogP contribution in [0.15, 0.2) is 85.2 Å². The standard InChI is InChI=1S/C35H35N5O2/c1-23-10-13-25(14-11-23)20-28(41)21-26-6-3-8-30-29(26)15-12-24(2)33(30)42-34-31(9-5-18-37-34)32-16-19-38-35(40-32)39-27-7-4-17-36-22-27/h3,5-6,8-16,18-19,27,36H,4,7,17,20-22H2,1-2H3,(H,38,39,40)/t27-/m0/s1. The molecule has 2 aromatic heterocycles. The number of piperidine rings is 1.